The highest BCUT2D eigenvalue weighted by molar-refractivity contribution is 6.06. The summed E-state index contributed by atoms with van der Waals surface area (Å²) in [5, 5.41) is 20.9. The monoisotopic (exact) mass is 361 g/mol. The fourth-order valence-electron chi connectivity index (χ4n) is 2.58. The lowest BCUT2D eigenvalue weighted by Crippen LogP contribution is -2.25. The van der Waals surface area contributed by atoms with Crippen molar-refractivity contribution < 1.29 is 18.8 Å². The number of benzene rings is 2. The summed E-state index contributed by atoms with van der Waals surface area (Å²) in [4.78, 5) is 24.2. The molecule has 0 fully saturated rings. The number of nitriles is 1. The summed E-state index contributed by atoms with van der Waals surface area (Å²) in [5.74, 6) is -2.01. The molecule has 1 heterocycles. The Morgan fingerprint density at radius 2 is 2.00 bits per heavy atom. The second kappa shape index (κ2) is 7.62. The standard InChI is InChI=1S/C20H15N3O4/c1-12(22)16(10-21)18(24)11-26-20(25)14-7-8-17-15(9-14)19(27-23-17)13-5-3-2-4-6-13/h2-9,16,22H,11H2,1H3. The molecule has 2 aromatic carbocycles. The summed E-state index contributed by atoms with van der Waals surface area (Å²) in [6, 6.07) is 15.8. The van der Waals surface area contributed by atoms with Crippen LogP contribution in [0.25, 0.3) is 22.2 Å². The van der Waals surface area contributed by atoms with E-state index in [-0.39, 0.29) is 11.3 Å². The van der Waals surface area contributed by atoms with Crippen molar-refractivity contribution in [2.45, 2.75) is 6.92 Å². The first kappa shape index (κ1) is 18.0. The maximum absolute atomic E-state index is 12.3. The Morgan fingerprint density at radius 3 is 2.67 bits per heavy atom. The van der Waals surface area contributed by atoms with Gasteiger partial charge in [-0.2, -0.15) is 5.26 Å². The average Bonchev–Trinajstić information content (AvgIpc) is 3.10. The van der Waals surface area contributed by atoms with Crippen LogP contribution in [0.15, 0.2) is 53.1 Å². The van der Waals surface area contributed by atoms with Crippen LogP contribution in [-0.2, 0) is 9.53 Å². The molecule has 3 aromatic rings. The average molecular weight is 361 g/mol. The molecule has 1 unspecified atom stereocenters. The van der Waals surface area contributed by atoms with Crippen LogP contribution in [0, 0.1) is 22.7 Å². The Hall–Kier alpha value is -3.79. The van der Waals surface area contributed by atoms with Gasteiger partial charge in [0.2, 0.25) is 0 Å². The number of Topliss-reactive ketones (excluding diaryl/α,β-unsaturated/α-hetero) is 1. The van der Waals surface area contributed by atoms with Gasteiger partial charge in [0.1, 0.15) is 11.4 Å². The molecule has 0 radical (unpaired) electrons. The molecule has 0 aliphatic carbocycles. The van der Waals surface area contributed by atoms with E-state index in [1.54, 1.807) is 18.2 Å². The zero-order valence-corrected chi connectivity index (χ0v) is 14.4. The molecular weight excluding hydrogens is 346 g/mol. The highest BCUT2D eigenvalue weighted by Gasteiger charge is 2.22. The predicted molar refractivity (Wildman–Crippen MR) is 97.2 cm³/mol. The van der Waals surface area contributed by atoms with Crippen LogP contribution >= 0.6 is 0 Å². The molecule has 1 aromatic heterocycles. The lowest BCUT2D eigenvalue weighted by molar-refractivity contribution is -0.122. The molecular formula is C20H15N3O4. The predicted octanol–water partition coefficient (Wildman–Crippen LogP) is 3.40. The Balaban J connectivity index is 1.81. The van der Waals surface area contributed by atoms with Crippen molar-refractivity contribution in [3.63, 3.8) is 0 Å². The Bertz CT molecular complexity index is 1060. The van der Waals surface area contributed by atoms with Gasteiger partial charge in [0.05, 0.1) is 17.0 Å². The summed E-state index contributed by atoms with van der Waals surface area (Å²) in [6.45, 7) is 0.791. The van der Waals surface area contributed by atoms with Crippen LogP contribution in [0.1, 0.15) is 17.3 Å². The highest BCUT2D eigenvalue weighted by Crippen LogP contribution is 2.29. The molecule has 7 nitrogen and oxygen atoms in total. The molecule has 0 spiro atoms. The van der Waals surface area contributed by atoms with E-state index < -0.39 is 24.3 Å². The molecule has 134 valence electrons. The Morgan fingerprint density at radius 1 is 1.26 bits per heavy atom. The van der Waals surface area contributed by atoms with Gasteiger partial charge in [-0.25, -0.2) is 4.79 Å². The SMILES string of the molecule is CC(=N)C(C#N)C(=O)COC(=O)c1ccc2noc(-c3ccccc3)c2c1. The minimum absolute atomic E-state index is 0.0862. The van der Waals surface area contributed by atoms with Crippen molar-refractivity contribution in [3.8, 4) is 17.4 Å². The fourth-order valence-corrected chi connectivity index (χ4v) is 2.58. The van der Waals surface area contributed by atoms with Crippen molar-refractivity contribution in [2.75, 3.05) is 6.61 Å². The molecule has 1 atom stereocenters. The van der Waals surface area contributed by atoms with E-state index in [4.69, 9.17) is 19.9 Å². The van der Waals surface area contributed by atoms with E-state index in [1.807, 2.05) is 30.3 Å². The summed E-state index contributed by atoms with van der Waals surface area (Å²) in [5.41, 5.74) is 1.55. The van der Waals surface area contributed by atoms with Gasteiger partial charge in [-0.3, -0.25) is 4.79 Å². The molecule has 27 heavy (non-hydrogen) atoms. The number of rotatable bonds is 6. The molecule has 0 saturated carbocycles. The van der Waals surface area contributed by atoms with E-state index >= 15 is 0 Å². The van der Waals surface area contributed by atoms with Crippen LogP contribution < -0.4 is 0 Å². The zero-order chi connectivity index (χ0) is 19.4. The highest BCUT2D eigenvalue weighted by atomic mass is 16.5. The van der Waals surface area contributed by atoms with Gasteiger partial charge in [0.25, 0.3) is 0 Å². The molecule has 0 amide bonds. The molecule has 0 aliphatic heterocycles. The smallest absolute Gasteiger partial charge is 0.338 e. The van der Waals surface area contributed by atoms with Crippen LogP contribution in [0.5, 0.6) is 0 Å². The normalized spacial score (nSPS) is 11.6. The third-order valence-corrected chi connectivity index (χ3v) is 3.98. The number of nitrogens with one attached hydrogen (secondary N) is 1. The van der Waals surface area contributed by atoms with E-state index in [1.165, 1.54) is 13.0 Å². The quantitative estimate of drug-likeness (QED) is 0.531. The molecule has 0 aliphatic rings. The first-order valence-electron chi connectivity index (χ1n) is 8.10. The second-order valence-electron chi connectivity index (χ2n) is 5.90. The molecule has 0 bridgehead atoms. The summed E-state index contributed by atoms with van der Waals surface area (Å²) in [7, 11) is 0. The van der Waals surface area contributed by atoms with Gasteiger partial charge >= 0.3 is 5.97 Å². The van der Waals surface area contributed by atoms with Crippen LogP contribution in [0.4, 0.5) is 0 Å². The van der Waals surface area contributed by atoms with Crippen LogP contribution in [0.3, 0.4) is 0 Å². The Labute approximate surface area is 154 Å². The minimum Gasteiger partial charge on any atom is -0.454 e. The number of ether oxygens (including phenoxy) is 1. The zero-order valence-electron chi connectivity index (χ0n) is 14.4. The number of carbonyl (C=O) groups is 2. The van der Waals surface area contributed by atoms with Gasteiger partial charge < -0.3 is 14.7 Å². The largest absolute Gasteiger partial charge is 0.454 e. The molecule has 1 N–H and O–H groups in total. The van der Waals surface area contributed by atoms with Gasteiger partial charge in [-0.15, -0.1) is 0 Å². The number of fused-ring (bicyclic) bond motifs is 1. The molecule has 3 rings (SSSR count). The summed E-state index contributed by atoms with van der Waals surface area (Å²) < 4.78 is 10.4. The van der Waals surface area contributed by atoms with Gasteiger partial charge in [-0.05, 0) is 25.1 Å². The van der Waals surface area contributed by atoms with E-state index in [0.717, 1.165) is 5.56 Å². The van der Waals surface area contributed by atoms with Gasteiger partial charge in [0, 0.05) is 11.3 Å². The third kappa shape index (κ3) is 3.75. The lowest BCUT2D eigenvalue weighted by atomic mass is 10.0. The van der Waals surface area contributed by atoms with Crippen molar-refractivity contribution in [2.24, 2.45) is 5.92 Å². The van der Waals surface area contributed by atoms with Gasteiger partial charge in [-0.1, -0.05) is 35.5 Å². The van der Waals surface area contributed by atoms with Crippen LogP contribution in [0.2, 0.25) is 0 Å². The topological polar surface area (TPSA) is 117 Å². The maximum Gasteiger partial charge on any atom is 0.338 e. The number of carbonyl (C=O) groups excluding carboxylic acids is 2. The number of nitrogens with zero attached hydrogens (tertiary/aromatic N) is 2. The minimum atomic E-state index is -1.21. The number of aromatic nitrogens is 1. The number of hydrogen-bond donors (Lipinski definition) is 1. The maximum atomic E-state index is 12.3. The number of hydrogen-bond acceptors (Lipinski definition) is 7. The molecule has 7 heteroatoms. The van der Waals surface area contributed by atoms with Crippen LogP contribution in [-0.4, -0.2) is 29.2 Å². The second-order valence-corrected chi connectivity index (χ2v) is 5.90. The summed E-state index contributed by atoms with van der Waals surface area (Å²) in [6.07, 6.45) is 0. The first-order chi connectivity index (χ1) is 13.0. The van der Waals surface area contributed by atoms with Crippen molar-refractivity contribution in [3.05, 3.63) is 54.1 Å². The third-order valence-electron chi connectivity index (χ3n) is 3.98. The first-order valence-corrected chi connectivity index (χ1v) is 8.10. The lowest BCUT2D eigenvalue weighted by Gasteiger charge is -2.07. The van der Waals surface area contributed by atoms with E-state index in [9.17, 15) is 9.59 Å². The fraction of sp³-hybridized carbons (Fsp3) is 0.150. The van der Waals surface area contributed by atoms with Gasteiger partial charge in [0.15, 0.2) is 18.2 Å². The van der Waals surface area contributed by atoms with Crippen molar-refractivity contribution in [1.82, 2.24) is 5.16 Å². The van der Waals surface area contributed by atoms with E-state index in [0.29, 0.717) is 16.7 Å². The summed E-state index contributed by atoms with van der Waals surface area (Å²) >= 11 is 0. The molecule has 0 saturated heterocycles. The van der Waals surface area contributed by atoms with Crippen molar-refractivity contribution in [1.29, 1.82) is 10.7 Å². The van der Waals surface area contributed by atoms with E-state index in [2.05, 4.69) is 5.16 Å². The van der Waals surface area contributed by atoms with Crippen molar-refractivity contribution >= 4 is 28.4 Å². The number of esters is 1. The Kier molecular flexibility index (Phi) is 5.08. The number of ketones is 1.